The van der Waals surface area contributed by atoms with E-state index in [1.165, 1.54) is 16.9 Å². The van der Waals surface area contributed by atoms with E-state index in [2.05, 4.69) is 15.3 Å². The minimum absolute atomic E-state index is 0.0548. The Morgan fingerprint density at radius 1 is 0.853 bits per heavy atom. The van der Waals surface area contributed by atoms with Gasteiger partial charge in [0.1, 0.15) is 23.0 Å². The Balaban J connectivity index is 1.61. The second-order valence-corrected chi connectivity index (χ2v) is 7.75. The number of nitrogens with zero attached hydrogens (tertiary/aromatic N) is 5. The summed E-state index contributed by atoms with van der Waals surface area (Å²) in [4.78, 5) is 17.8. The number of anilines is 1. The quantitative estimate of drug-likeness (QED) is 0.386. The standard InChI is InChI=1S/C26H20N6O2/c1-16-12-13-21(33)19(14-16)24(34)20-15-28-32(25(20)27)26-29-22(17-8-4-2-5-9-17)23(30-31-26)18-10-6-3-7-11-18/h2-15,33H,27H2,1H3. The number of phenolic OH excluding ortho intramolecular Hbond substituents is 1. The van der Waals surface area contributed by atoms with Gasteiger partial charge in [-0.3, -0.25) is 4.79 Å². The molecule has 0 aliphatic heterocycles. The Morgan fingerprint density at radius 2 is 1.50 bits per heavy atom. The molecule has 0 amide bonds. The van der Waals surface area contributed by atoms with Crippen molar-refractivity contribution in [1.82, 2.24) is 25.0 Å². The first-order valence-electron chi connectivity index (χ1n) is 10.6. The van der Waals surface area contributed by atoms with E-state index in [4.69, 9.17) is 10.7 Å². The minimum atomic E-state index is -0.443. The summed E-state index contributed by atoms with van der Waals surface area (Å²) >= 11 is 0. The number of rotatable bonds is 5. The number of aromatic nitrogens is 5. The third kappa shape index (κ3) is 3.77. The van der Waals surface area contributed by atoms with Crippen molar-refractivity contribution in [2.24, 2.45) is 0 Å². The van der Waals surface area contributed by atoms with E-state index < -0.39 is 5.78 Å². The molecule has 3 N–H and O–H groups in total. The summed E-state index contributed by atoms with van der Waals surface area (Å²) in [7, 11) is 0. The van der Waals surface area contributed by atoms with Gasteiger partial charge >= 0.3 is 0 Å². The SMILES string of the molecule is Cc1ccc(O)c(C(=O)c2cnn(-c3nnc(-c4ccccc4)c(-c4ccccc4)n3)c2N)c1. The molecule has 5 aromatic rings. The molecule has 0 aliphatic carbocycles. The van der Waals surface area contributed by atoms with E-state index in [1.54, 1.807) is 12.1 Å². The van der Waals surface area contributed by atoms with E-state index in [0.717, 1.165) is 16.7 Å². The molecular formula is C26H20N6O2. The van der Waals surface area contributed by atoms with Crippen LogP contribution in [-0.2, 0) is 0 Å². The number of hydrogen-bond acceptors (Lipinski definition) is 7. The lowest BCUT2D eigenvalue weighted by Crippen LogP contribution is -2.11. The topological polar surface area (TPSA) is 120 Å². The lowest BCUT2D eigenvalue weighted by atomic mass is 10.0. The second-order valence-electron chi connectivity index (χ2n) is 7.75. The summed E-state index contributed by atoms with van der Waals surface area (Å²) in [5.74, 6) is -0.385. The molecule has 3 aromatic carbocycles. The normalized spacial score (nSPS) is 10.9. The first kappa shape index (κ1) is 21.0. The van der Waals surface area contributed by atoms with Crippen molar-refractivity contribution in [3.8, 4) is 34.2 Å². The third-order valence-corrected chi connectivity index (χ3v) is 5.41. The van der Waals surface area contributed by atoms with Crippen LogP contribution in [0.1, 0.15) is 21.5 Å². The number of nitrogens with two attached hydrogens (primary N) is 1. The van der Waals surface area contributed by atoms with Crippen LogP contribution in [0.25, 0.3) is 28.5 Å². The van der Waals surface area contributed by atoms with Crippen LogP contribution < -0.4 is 5.73 Å². The highest BCUT2D eigenvalue weighted by atomic mass is 16.3. The average molecular weight is 448 g/mol. The maximum absolute atomic E-state index is 13.1. The monoisotopic (exact) mass is 448 g/mol. The lowest BCUT2D eigenvalue weighted by molar-refractivity contribution is 0.103. The molecule has 0 aliphatic rings. The van der Waals surface area contributed by atoms with Crippen LogP contribution in [0.4, 0.5) is 5.82 Å². The van der Waals surface area contributed by atoms with Crippen molar-refractivity contribution in [2.75, 3.05) is 5.73 Å². The molecule has 34 heavy (non-hydrogen) atoms. The maximum atomic E-state index is 13.1. The molecule has 0 unspecified atom stereocenters. The van der Waals surface area contributed by atoms with Gasteiger partial charge in [0.25, 0.3) is 5.95 Å². The average Bonchev–Trinajstić information content (AvgIpc) is 3.27. The molecule has 2 aromatic heterocycles. The van der Waals surface area contributed by atoms with Crippen LogP contribution in [0.3, 0.4) is 0 Å². The minimum Gasteiger partial charge on any atom is -0.507 e. The molecule has 0 bridgehead atoms. The predicted octanol–water partition coefficient (Wildman–Crippen LogP) is 4.22. The third-order valence-electron chi connectivity index (χ3n) is 5.41. The van der Waals surface area contributed by atoms with Crippen molar-refractivity contribution in [1.29, 1.82) is 0 Å². The smallest absolute Gasteiger partial charge is 0.272 e. The highest BCUT2D eigenvalue weighted by molar-refractivity contribution is 6.13. The highest BCUT2D eigenvalue weighted by Crippen LogP contribution is 2.30. The van der Waals surface area contributed by atoms with Gasteiger partial charge in [-0.1, -0.05) is 72.3 Å². The van der Waals surface area contributed by atoms with Crippen LogP contribution in [0, 0.1) is 6.92 Å². The Morgan fingerprint density at radius 3 is 2.18 bits per heavy atom. The molecule has 8 heteroatoms. The maximum Gasteiger partial charge on any atom is 0.272 e. The van der Waals surface area contributed by atoms with Gasteiger partial charge in [-0.15, -0.1) is 10.2 Å². The number of phenols is 1. The summed E-state index contributed by atoms with van der Waals surface area (Å²) in [6.07, 6.45) is 1.34. The number of aromatic hydroxyl groups is 1. The predicted molar refractivity (Wildman–Crippen MR) is 129 cm³/mol. The van der Waals surface area contributed by atoms with Gasteiger partial charge in [0.05, 0.1) is 17.3 Å². The first-order chi connectivity index (χ1) is 16.5. The van der Waals surface area contributed by atoms with Crippen LogP contribution >= 0.6 is 0 Å². The second kappa shape index (κ2) is 8.59. The highest BCUT2D eigenvalue weighted by Gasteiger charge is 2.22. The summed E-state index contributed by atoms with van der Waals surface area (Å²) in [5.41, 5.74) is 10.4. The molecule has 2 heterocycles. The zero-order valence-corrected chi connectivity index (χ0v) is 18.3. The van der Waals surface area contributed by atoms with Gasteiger partial charge in [0.2, 0.25) is 5.78 Å². The number of carbonyl (C=O) groups excluding carboxylic acids is 1. The van der Waals surface area contributed by atoms with Gasteiger partial charge < -0.3 is 10.8 Å². The first-order valence-corrected chi connectivity index (χ1v) is 10.6. The Labute approximate surface area is 195 Å². The summed E-state index contributed by atoms with van der Waals surface area (Å²) in [6.45, 7) is 1.84. The van der Waals surface area contributed by atoms with E-state index in [-0.39, 0.29) is 28.6 Å². The van der Waals surface area contributed by atoms with E-state index in [0.29, 0.717) is 11.4 Å². The molecule has 5 rings (SSSR count). The number of hydrogen-bond donors (Lipinski definition) is 2. The number of aryl methyl sites for hydroxylation is 1. The molecule has 0 saturated carbocycles. The number of nitrogen functional groups attached to an aromatic ring is 1. The fourth-order valence-corrected chi connectivity index (χ4v) is 3.66. The molecule has 0 spiro atoms. The van der Waals surface area contributed by atoms with Crippen molar-refractivity contribution in [2.45, 2.75) is 6.92 Å². The summed E-state index contributed by atoms with van der Waals surface area (Å²) < 4.78 is 1.27. The molecular weight excluding hydrogens is 428 g/mol. The Bertz CT molecular complexity index is 1500. The fourth-order valence-electron chi connectivity index (χ4n) is 3.66. The van der Waals surface area contributed by atoms with Gasteiger partial charge in [-0.2, -0.15) is 9.78 Å². The van der Waals surface area contributed by atoms with Gasteiger partial charge in [-0.05, 0) is 19.1 Å². The van der Waals surface area contributed by atoms with Crippen LogP contribution in [0.5, 0.6) is 5.75 Å². The van der Waals surface area contributed by atoms with Gasteiger partial charge in [0.15, 0.2) is 0 Å². The van der Waals surface area contributed by atoms with Gasteiger partial charge in [-0.25, -0.2) is 4.98 Å². The zero-order valence-electron chi connectivity index (χ0n) is 18.3. The molecule has 0 atom stereocenters. The van der Waals surface area contributed by atoms with Crippen LogP contribution in [0.15, 0.2) is 85.1 Å². The Hall–Kier alpha value is -4.85. The summed E-state index contributed by atoms with van der Waals surface area (Å²) in [5, 5.41) is 23.1. The summed E-state index contributed by atoms with van der Waals surface area (Å²) in [6, 6.07) is 24.1. The number of carbonyl (C=O) groups is 1. The molecule has 0 saturated heterocycles. The molecule has 0 radical (unpaired) electrons. The number of ketones is 1. The zero-order chi connectivity index (χ0) is 23.7. The van der Waals surface area contributed by atoms with Crippen molar-refractivity contribution >= 4 is 11.6 Å². The largest absolute Gasteiger partial charge is 0.507 e. The van der Waals surface area contributed by atoms with Crippen molar-refractivity contribution < 1.29 is 9.90 Å². The van der Waals surface area contributed by atoms with E-state index in [9.17, 15) is 9.90 Å². The Kier molecular flexibility index (Phi) is 5.31. The van der Waals surface area contributed by atoms with Crippen molar-refractivity contribution in [3.05, 3.63) is 102 Å². The number of benzene rings is 3. The molecule has 166 valence electrons. The van der Waals surface area contributed by atoms with Crippen molar-refractivity contribution in [3.63, 3.8) is 0 Å². The molecule has 0 fully saturated rings. The lowest BCUT2D eigenvalue weighted by Gasteiger charge is -2.10. The molecule has 8 nitrogen and oxygen atoms in total. The van der Waals surface area contributed by atoms with Crippen LogP contribution in [-0.4, -0.2) is 35.9 Å². The van der Waals surface area contributed by atoms with Gasteiger partial charge in [0, 0.05) is 11.1 Å². The van der Waals surface area contributed by atoms with Crippen LogP contribution in [0.2, 0.25) is 0 Å². The van der Waals surface area contributed by atoms with E-state index in [1.807, 2.05) is 67.6 Å². The van der Waals surface area contributed by atoms with E-state index >= 15 is 0 Å². The fraction of sp³-hybridized carbons (Fsp3) is 0.0385.